The molecule has 0 bridgehead atoms. The van der Waals surface area contributed by atoms with Crippen molar-refractivity contribution in [2.24, 2.45) is 0 Å². The van der Waals surface area contributed by atoms with Crippen molar-refractivity contribution in [3.63, 3.8) is 0 Å². The van der Waals surface area contributed by atoms with Crippen molar-refractivity contribution < 1.29 is 9.47 Å². The Morgan fingerprint density at radius 1 is 0.467 bits per heavy atom. The SMILES string of the molecule is CCCCCCCCCOc1ccc(OCCCCCCCCC)c2ccccc12. The molecule has 0 radical (unpaired) electrons. The van der Waals surface area contributed by atoms with Crippen molar-refractivity contribution in [1.29, 1.82) is 0 Å². The van der Waals surface area contributed by atoms with Gasteiger partial charge in [-0.2, -0.15) is 0 Å². The van der Waals surface area contributed by atoms with Gasteiger partial charge in [0.25, 0.3) is 0 Å². The average Bonchev–Trinajstić information content (AvgIpc) is 2.78. The minimum atomic E-state index is 0.802. The van der Waals surface area contributed by atoms with Gasteiger partial charge in [0.1, 0.15) is 11.5 Å². The first kappa shape index (κ1) is 24.6. The maximum absolute atomic E-state index is 6.14. The molecule has 2 heteroatoms. The Labute approximate surface area is 185 Å². The zero-order chi connectivity index (χ0) is 21.3. The summed E-state index contributed by atoms with van der Waals surface area (Å²) in [5.74, 6) is 1.97. The first-order chi connectivity index (χ1) is 14.9. The van der Waals surface area contributed by atoms with Gasteiger partial charge in [-0.1, -0.05) is 115 Å². The predicted molar refractivity (Wildman–Crippen MR) is 131 cm³/mol. The Kier molecular flexibility index (Phi) is 13.1. The topological polar surface area (TPSA) is 18.5 Å². The van der Waals surface area contributed by atoms with Gasteiger partial charge >= 0.3 is 0 Å². The number of unbranched alkanes of at least 4 members (excludes halogenated alkanes) is 12. The van der Waals surface area contributed by atoms with Crippen LogP contribution in [0.1, 0.15) is 104 Å². The van der Waals surface area contributed by atoms with E-state index in [4.69, 9.17) is 9.47 Å². The van der Waals surface area contributed by atoms with Crippen molar-refractivity contribution in [1.82, 2.24) is 0 Å². The molecule has 0 saturated carbocycles. The summed E-state index contributed by atoms with van der Waals surface area (Å²) in [6.45, 7) is 6.14. The van der Waals surface area contributed by atoms with Crippen LogP contribution >= 0.6 is 0 Å². The highest BCUT2D eigenvalue weighted by Gasteiger charge is 2.08. The van der Waals surface area contributed by atoms with Crippen LogP contribution in [0.25, 0.3) is 10.8 Å². The molecule has 0 saturated heterocycles. The molecule has 2 aromatic carbocycles. The Bertz CT molecular complexity index is 621. The van der Waals surface area contributed by atoms with Gasteiger partial charge < -0.3 is 9.47 Å². The third kappa shape index (κ3) is 9.41. The highest BCUT2D eigenvalue weighted by Crippen LogP contribution is 2.33. The van der Waals surface area contributed by atoms with E-state index in [1.807, 2.05) is 0 Å². The fourth-order valence-electron chi connectivity index (χ4n) is 3.98. The van der Waals surface area contributed by atoms with Gasteiger partial charge in [-0.3, -0.25) is 0 Å². The maximum Gasteiger partial charge on any atom is 0.127 e. The van der Waals surface area contributed by atoms with Gasteiger partial charge in [-0.05, 0) is 25.0 Å². The highest BCUT2D eigenvalue weighted by atomic mass is 16.5. The molecule has 0 atom stereocenters. The Morgan fingerprint density at radius 2 is 0.833 bits per heavy atom. The Balaban J connectivity index is 1.74. The molecule has 30 heavy (non-hydrogen) atoms. The van der Waals surface area contributed by atoms with Crippen molar-refractivity contribution in [3.05, 3.63) is 36.4 Å². The molecular weight excluding hydrogens is 368 g/mol. The van der Waals surface area contributed by atoms with Gasteiger partial charge in [-0.15, -0.1) is 0 Å². The molecule has 0 unspecified atom stereocenters. The zero-order valence-corrected chi connectivity index (χ0v) is 19.6. The van der Waals surface area contributed by atoms with Crippen molar-refractivity contribution in [2.45, 2.75) is 104 Å². The normalized spacial score (nSPS) is 11.1. The summed E-state index contributed by atoms with van der Waals surface area (Å²) >= 11 is 0. The van der Waals surface area contributed by atoms with Crippen LogP contribution < -0.4 is 9.47 Å². The first-order valence-electron chi connectivity index (χ1n) is 12.6. The van der Waals surface area contributed by atoms with E-state index in [1.165, 1.54) is 77.0 Å². The van der Waals surface area contributed by atoms with E-state index in [9.17, 15) is 0 Å². The molecular formula is C28H44O2. The molecule has 0 aliphatic heterocycles. The zero-order valence-electron chi connectivity index (χ0n) is 19.6. The van der Waals surface area contributed by atoms with Gasteiger partial charge in [0.15, 0.2) is 0 Å². The second-order valence-electron chi connectivity index (χ2n) is 8.55. The van der Waals surface area contributed by atoms with Crippen LogP contribution in [0.3, 0.4) is 0 Å². The lowest BCUT2D eigenvalue weighted by atomic mass is 10.1. The summed E-state index contributed by atoms with van der Waals surface area (Å²) in [7, 11) is 0. The summed E-state index contributed by atoms with van der Waals surface area (Å²) in [5.41, 5.74) is 0. The average molecular weight is 413 g/mol. The molecule has 2 nitrogen and oxygen atoms in total. The number of hydrogen-bond donors (Lipinski definition) is 0. The van der Waals surface area contributed by atoms with Gasteiger partial charge in [0.05, 0.1) is 13.2 Å². The number of hydrogen-bond acceptors (Lipinski definition) is 2. The largest absolute Gasteiger partial charge is 0.493 e. The van der Waals surface area contributed by atoms with E-state index in [0.29, 0.717) is 0 Å². The monoisotopic (exact) mass is 412 g/mol. The third-order valence-electron chi connectivity index (χ3n) is 5.85. The predicted octanol–water partition coefficient (Wildman–Crippen LogP) is 9.10. The molecule has 0 N–H and O–H groups in total. The lowest BCUT2D eigenvalue weighted by Gasteiger charge is -2.13. The Hall–Kier alpha value is -1.70. The second-order valence-corrected chi connectivity index (χ2v) is 8.55. The molecule has 0 aliphatic rings. The fourth-order valence-corrected chi connectivity index (χ4v) is 3.98. The molecule has 0 aliphatic carbocycles. The first-order valence-corrected chi connectivity index (χ1v) is 12.6. The molecule has 2 rings (SSSR count). The molecule has 0 spiro atoms. The van der Waals surface area contributed by atoms with E-state index in [1.54, 1.807) is 0 Å². The van der Waals surface area contributed by atoms with Gasteiger partial charge in [-0.25, -0.2) is 0 Å². The van der Waals surface area contributed by atoms with Crippen LogP contribution in [0, 0.1) is 0 Å². The minimum absolute atomic E-state index is 0.802. The minimum Gasteiger partial charge on any atom is -0.493 e. The molecule has 0 heterocycles. The molecule has 0 fully saturated rings. The molecule has 168 valence electrons. The third-order valence-corrected chi connectivity index (χ3v) is 5.85. The molecule has 0 amide bonds. The fraction of sp³-hybridized carbons (Fsp3) is 0.643. The van der Waals surface area contributed by atoms with E-state index in [2.05, 4.69) is 50.2 Å². The second kappa shape index (κ2) is 16.1. The highest BCUT2D eigenvalue weighted by molar-refractivity contribution is 5.93. The summed E-state index contributed by atoms with van der Waals surface area (Å²) in [5, 5.41) is 2.33. The van der Waals surface area contributed by atoms with Gasteiger partial charge in [0, 0.05) is 10.8 Å². The molecule has 2 aromatic rings. The Morgan fingerprint density at radius 3 is 1.23 bits per heavy atom. The summed E-state index contributed by atoms with van der Waals surface area (Å²) in [6, 6.07) is 12.6. The quantitative estimate of drug-likeness (QED) is 0.227. The maximum atomic E-state index is 6.14. The van der Waals surface area contributed by atoms with Crippen molar-refractivity contribution >= 4 is 10.8 Å². The van der Waals surface area contributed by atoms with Gasteiger partial charge in [0.2, 0.25) is 0 Å². The van der Waals surface area contributed by atoms with Crippen LogP contribution in [0.4, 0.5) is 0 Å². The summed E-state index contributed by atoms with van der Waals surface area (Å²) in [4.78, 5) is 0. The van der Waals surface area contributed by atoms with E-state index >= 15 is 0 Å². The van der Waals surface area contributed by atoms with E-state index in [-0.39, 0.29) is 0 Å². The summed E-state index contributed by atoms with van der Waals surface area (Å²) < 4.78 is 12.3. The molecule has 0 aromatic heterocycles. The smallest absolute Gasteiger partial charge is 0.127 e. The van der Waals surface area contributed by atoms with Crippen LogP contribution in [0.15, 0.2) is 36.4 Å². The van der Waals surface area contributed by atoms with Crippen LogP contribution in [0.5, 0.6) is 11.5 Å². The number of benzene rings is 2. The number of fused-ring (bicyclic) bond motifs is 1. The van der Waals surface area contributed by atoms with E-state index in [0.717, 1.165) is 48.3 Å². The standard InChI is InChI=1S/C28H44O2/c1-3-5-7-9-11-13-17-23-29-27-21-22-28(26-20-16-15-19-25(26)27)30-24-18-14-12-10-8-6-4-2/h15-16,19-22H,3-14,17-18,23-24H2,1-2H3. The lowest BCUT2D eigenvalue weighted by molar-refractivity contribution is 0.301. The van der Waals surface area contributed by atoms with E-state index < -0.39 is 0 Å². The number of ether oxygens (including phenoxy) is 2. The van der Waals surface area contributed by atoms with Crippen LogP contribution in [0.2, 0.25) is 0 Å². The van der Waals surface area contributed by atoms with Crippen molar-refractivity contribution in [3.8, 4) is 11.5 Å². The lowest BCUT2D eigenvalue weighted by Crippen LogP contribution is -2.00. The number of rotatable bonds is 18. The van der Waals surface area contributed by atoms with Crippen LogP contribution in [-0.2, 0) is 0 Å². The van der Waals surface area contributed by atoms with Crippen LogP contribution in [-0.4, -0.2) is 13.2 Å². The summed E-state index contributed by atoms with van der Waals surface area (Å²) in [6.07, 6.45) is 18.3. The van der Waals surface area contributed by atoms with Crippen molar-refractivity contribution in [2.75, 3.05) is 13.2 Å².